The Morgan fingerprint density at radius 2 is 1.81 bits per heavy atom. The summed E-state index contributed by atoms with van der Waals surface area (Å²) in [4.78, 5) is 13.0. The number of hydrogen-bond acceptors (Lipinski definition) is 2. The van der Waals surface area contributed by atoms with Crippen molar-refractivity contribution in [3.8, 4) is 0 Å². The van der Waals surface area contributed by atoms with Crippen LogP contribution >= 0.6 is 35.0 Å². The Hall–Kier alpha value is -1.16. The van der Waals surface area contributed by atoms with Gasteiger partial charge in [0.15, 0.2) is 0 Å². The van der Waals surface area contributed by atoms with Crippen LogP contribution in [0.2, 0.25) is 10.0 Å². The molecule has 0 atom stereocenters. The molecular weight excluding hydrogens is 325 g/mol. The van der Waals surface area contributed by atoms with Gasteiger partial charge in [0.25, 0.3) is 0 Å². The van der Waals surface area contributed by atoms with Gasteiger partial charge < -0.3 is 5.32 Å². The summed E-state index contributed by atoms with van der Waals surface area (Å²) in [6, 6.07) is 14.9. The first-order valence-corrected chi connectivity index (χ1v) is 8.31. The number of carbonyl (C=O) groups is 1. The van der Waals surface area contributed by atoms with Gasteiger partial charge in [-0.25, -0.2) is 0 Å². The van der Waals surface area contributed by atoms with E-state index in [1.165, 1.54) is 0 Å². The van der Waals surface area contributed by atoms with Gasteiger partial charge in [-0.05, 0) is 54.6 Å². The molecule has 0 saturated heterocycles. The molecule has 2 rings (SSSR count). The number of rotatable bonds is 6. The molecule has 0 aliphatic heterocycles. The molecule has 110 valence electrons. The maximum Gasteiger partial charge on any atom is 0.224 e. The minimum Gasteiger partial charge on any atom is -0.326 e. The average Bonchev–Trinajstić information content (AvgIpc) is 2.45. The number of hydrogen-bond donors (Lipinski definition) is 1. The van der Waals surface area contributed by atoms with E-state index in [1.807, 2.05) is 36.4 Å². The van der Waals surface area contributed by atoms with Gasteiger partial charge in [0.1, 0.15) is 0 Å². The van der Waals surface area contributed by atoms with Gasteiger partial charge in [-0.2, -0.15) is 0 Å². The van der Waals surface area contributed by atoms with Crippen molar-refractivity contribution >= 4 is 46.6 Å². The van der Waals surface area contributed by atoms with Crippen LogP contribution in [0.5, 0.6) is 0 Å². The zero-order chi connectivity index (χ0) is 15.1. The summed E-state index contributed by atoms with van der Waals surface area (Å²) in [7, 11) is 0. The van der Waals surface area contributed by atoms with E-state index in [0.29, 0.717) is 11.4 Å². The number of anilines is 1. The van der Waals surface area contributed by atoms with Gasteiger partial charge in [0.2, 0.25) is 5.91 Å². The highest BCUT2D eigenvalue weighted by Crippen LogP contribution is 2.21. The predicted molar refractivity (Wildman–Crippen MR) is 91.5 cm³/mol. The summed E-state index contributed by atoms with van der Waals surface area (Å²) in [6.45, 7) is 0. The molecule has 5 heteroatoms. The van der Waals surface area contributed by atoms with Crippen LogP contribution in [0.1, 0.15) is 12.8 Å². The minimum atomic E-state index is 0.00831. The molecule has 2 nitrogen and oxygen atoms in total. The van der Waals surface area contributed by atoms with E-state index < -0.39 is 0 Å². The Labute approximate surface area is 138 Å². The number of benzene rings is 2. The minimum absolute atomic E-state index is 0.00831. The number of nitrogens with one attached hydrogen (secondary N) is 1. The van der Waals surface area contributed by atoms with Crippen molar-refractivity contribution in [2.24, 2.45) is 0 Å². The quantitative estimate of drug-likeness (QED) is 0.555. The molecule has 0 aliphatic carbocycles. The summed E-state index contributed by atoms with van der Waals surface area (Å²) in [5.74, 6) is 0.902. The van der Waals surface area contributed by atoms with Crippen molar-refractivity contribution in [1.29, 1.82) is 0 Å². The summed E-state index contributed by atoms with van der Waals surface area (Å²) in [5, 5.41) is 4.19. The van der Waals surface area contributed by atoms with Gasteiger partial charge in [-0.1, -0.05) is 29.3 Å². The zero-order valence-corrected chi connectivity index (χ0v) is 13.6. The molecule has 0 radical (unpaired) electrons. The van der Waals surface area contributed by atoms with Crippen molar-refractivity contribution in [3.63, 3.8) is 0 Å². The van der Waals surface area contributed by atoms with Crippen molar-refractivity contribution in [3.05, 3.63) is 58.6 Å². The van der Waals surface area contributed by atoms with E-state index in [1.54, 1.807) is 23.9 Å². The Morgan fingerprint density at radius 1 is 1.05 bits per heavy atom. The number of carbonyl (C=O) groups excluding carboxylic acids is 1. The molecule has 0 spiro atoms. The van der Waals surface area contributed by atoms with Crippen LogP contribution in [-0.4, -0.2) is 11.7 Å². The second kappa shape index (κ2) is 8.32. The van der Waals surface area contributed by atoms with Crippen LogP contribution in [0, 0.1) is 0 Å². The van der Waals surface area contributed by atoms with Gasteiger partial charge in [0, 0.05) is 27.0 Å². The highest BCUT2D eigenvalue weighted by atomic mass is 35.5. The summed E-state index contributed by atoms with van der Waals surface area (Å²) in [5.41, 5.74) is 0.734. The van der Waals surface area contributed by atoms with Crippen LogP contribution in [0.3, 0.4) is 0 Å². The first-order valence-electron chi connectivity index (χ1n) is 6.57. The van der Waals surface area contributed by atoms with Gasteiger partial charge in [-0.15, -0.1) is 11.8 Å². The molecule has 2 aromatic rings. The van der Waals surface area contributed by atoms with E-state index in [4.69, 9.17) is 23.2 Å². The SMILES string of the molecule is O=C(CCCSc1ccc(Cl)cc1)Nc1cccc(Cl)c1. The highest BCUT2D eigenvalue weighted by Gasteiger charge is 2.03. The van der Waals surface area contributed by atoms with Crippen molar-refractivity contribution < 1.29 is 4.79 Å². The molecule has 1 N–H and O–H groups in total. The number of halogens is 2. The lowest BCUT2D eigenvalue weighted by Crippen LogP contribution is -2.11. The Morgan fingerprint density at radius 3 is 2.52 bits per heavy atom. The van der Waals surface area contributed by atoms with Gasteiger partial charge in [-0.3, -0.25) is 4.79 Å². The van der Waals surface area contributed by atoms with Gasteiger partial charge in [0.05, 0.1) is 0 Å². The number of amides is 1. The molecule has 21 heavy (non-hydrogen) atoms. The van der Waals surface area contributed by atoms with Crippen LogP contribution in [-0.2, 0) is 4.79 Å². The normalized spacial score (nSPS) is 10.4. The lowest BCUT2D eigenvalue weighted by molar-refractivity contribution is -0.116. The standard InChI is InChI=1S/C16H15Cl2NOS/c17-12-6-8-15(9-7-12)21-10-2-5-16(20)19-14-4-1-3-13(18)11-14/h1,3-4,6-9,11H,2,5,10H2,(H,19,20). The molecule has 0 saturated carbocycles. The summed E-state index contributed by atoms with van der Waals surface area (Å²) >= 11 is 13.4. The second-order valence-electron chi connectivity index (χ2n) is 4.46. The fourth-order valence-corrected chi connectivity index (χ4v) is 2.91. The van der Waals surface area contributed by atoms with E-state index in [-0.39, 0.29) is 5.91 Å². The molecule has 0 fully saturated rings. The highest BCUT2D eigenvalue weighted by molar-refractivity contribution is 7.99. The van der Waals surface area contributed by atoms with E-state index in [2.05, 4.69) is 5.32 Å². The summed E-state index contributed by atoms with van der Waals surface area (Å²) < 4.78 is 0. The third kappa shape index (κ3) is 6.00. The predicted octanol–water partition coefficient (Wildman–Crippen LogP) is 5.50. The molecule has 0 bridgehead atoms. The number of thioether (sulfide) groups is 1. The zero-order valence-electron chi connectivity index (χ0n) is 11.3. The second-order valence-corrected chi connectivity index (χ2v) is 6.51. The largest absolute Gasteiger partial charge is 0.326 e. The van der Waals surface area contributed by atoms with E-state index in [9.17, 15) is 4.79 Å². The van der Waals surface area contributed by atoms with Crippen LogP contribution in [0.15, 0.2) is 53.4 Å². The maximum absolute atomic E-state index is 11.8. The van der Waals surface area contributed by atoms with E-state index in [0.717, 1.165) is 27.8 Å². The van der Waals surface area contributed by atoms with Crippen LogP contribution in [0.25, 0.3) is 0 Å². The van der Waals surface area contributed by atoms with Crippen molar-refractivity contribution in [2.45, 2.75) is 17.7 Å². The lowest BCUT2D eigenvalue weighted by Gasteiger charge is -2.05. The lowest BCUT2D eigenvalue weighted by atomic mass is 10.3. The summed E-state index contributed by atoms with van der Waals surface area (Å²) in [6.07, 6.45) is 1.31. The average molecular weight is 340 g/mol. The molecule has 0 aromatic heterocycles. The van der Waals surface area contributed by atoms with E-state index >= 15 is 0 Å². The molecule has 0 unspecified atom stereocenters. The molecular formula is C16H15Cl2NOS. The van der Waals surface area contributed by atoms with Crippen molar-refractivity contribution in [2.75, 3.05) is 11.1 Å². The fourth-order valence-electron chi connectivity index (χ4n) is 1.74. The monoisotopic (exact) mass is 339 g/mol. The molecule has 0 heterocycles. The van der Waals surface area contributed by atoms with Crippen LogP contribution < -0.4 is 5.32 Å². The third-order valence-electron chi connectivity index (χ3n) is 2.74. The fraction of sp³-hybridized carbons (Fsp3) is 0.188. The maximum atomic E-state index is 11.8. The topological polar surface area (TPSA) is 29.1 Å². The Bertz CT molecular complexity index is 601. The molecule has 2 aromatic carbocycles. The first kappa shape index (κ1) is 16.2. The van der Waals surface area contributed by atoms with Crippen molar-refractivity contribution in [1.82, 2.24) is 0 Å². The molecule has 1 amide bonds. The van der Waals surface area contributed by atoms with Gasteiger partial charge >= 0.3 is 0 Å². The third-order valence-corrected chi connectivity index (χ3v) is 4.32. The smallest absolute Gasteiger partial charge is 0.224 e. The Balaban J connectivity index is 1.68. The first-order chi connectivity index (χ1) is 10.1. The van der Waals surface area contributed by atoms with Crippen LogP contribution in [0.4, 0.5) is 5.69 Å². The molecule has 0 aliphatic rings. The Kier molecular flexibility index (Phi) is 6.43.